The minimum absolute atomic E-state index is 0.0346. The number of rotatable bonds is 5. The summed E-state index contributed by atoms with van der Waals surface area (Å²) >= 11 is 1.09. The van der Waals surface area contributed by atoms with E-state index in [-0.39, 0.29) is 17.8 Å². The van der Waals surface area contributed by atoms with Crippen molar-refractivity contribution in [1.29, 1.82) is 0 Å². The number of hydrogen-bond donors (Lipinski definition) is 0. The van der Waals surface area contributed by atoms with Crippen molar-refractivity contribution >= 4 is 27.5 Å². The maximum Gasteiger partial charge on any atom is 0.337 e. The number of carbonyl (C=O) groups is 1. The number of nitrogens with zero attached hydrogens (tertiary/aromatic N) is 3. The molecule has 2 heterocycles. The Hall–Kier alpha value is -3.72. The molecule has 0 aliphatic rings. The molecule has 0 fully saturated rings. The number of aromatic nitrogens is 2. The zero-order valence-corrected chi connectivity index (χ0v) is 19.4. The fourth-order valence-electron chi connectivity index (χ4n) is 3.69. The molecule has 0 aliphatic heterocycles. The summed E-state index contributed by atoms with van der Waals surface area (Å²) < 4.78 is 21.6. The number of halogens is 1. The van der Waals surface area contributed by atoms with Crippen LogP contribution in [0.25, 0.3) is 15.9 Å². The number of methoxy groups -OCH3 is 1. The van der Waals surface area contributed by atoms with Crippen LogP contribution < -0.4 is 16.0 Å². The van der Waals surface area contributed by atoms with Gasteiger partial charge < -0.3 is 9.64 Å². The maximum atomic E-state index is 13.8. The summed E-state index contributed by atoms with van der Waals surface area (Å²) in [5.41, 5.74) is 0.287. The van der Waals surface area contributed by atoms with Gasteiger partial charge in [0, 0.05) is 20.2 Å². The molecule has 33 heavy (non-hydrogen) atoms. The van der Waals surface area contributed by atoms with Gasteiger partial charge in [-0.1, -0.05) is 18.2 Å². The third-order valence-corrected chi connectivity index (χ3v) is 6.66. The van der Waals surface area contributed by atoms with E-state index in [2.05, 4.69) is 0 Å². The molecular weight excluding hydrogens is 445 g/mol. The van der Waals surface area contributed by atoms with Gasteiger partial charge in [0.2, 0.25) is 0 Å². The first-order valence-corrected chi connectivity index (χ1v) is 10.9. The van der Waals surface area contributed by atoms with Gasteiger partial charge in [0.1, 0.15) is 16.4 Å². The van der Waals surface area contributed by atoms with E-state index < -0.39 is 17.1 Å². The highest BCUT2D eigenvalue weighted by Crippen LogP contribution is 2.29. The molecule has 0 radical (unpaired) electrons. The van der Waals surface area contributed by atoms with Gasteiger partial charge in [-0.25, -0.2) is 13.8 Å². The molecule has 170 valence electrons. The molecule has 0 N–H and O–H groups in total. The third kappa shape index (κ3) is 3.95. The maximum absolute atomic E-state index is 13.8. The summed E-state index contributed by atoms with van der Waals surface area (Å²) in [7, 11) is 4.75. The number of carbonyl (C=O) groups excluding carboxylic acids is 1. The minimum atomic E-state index is -0.588. The summed E-state index contributed by atoms with van der Waals surface area (Å²) in [6.45, 7) is 1.73. The Morgan fingerprint density at radius 1 is 1.12 bits per heavy atom. The van der Waals surface area contributed by atoms with Crippen LogP contribution in [0.5, 0.6) is 5.75 Å². The minimum Gasteiger partial charge on any atom is -0.497 e. The number of benzene rings is 2. The lowest BCUT2D eigenvalue weighted by Crippen LogP contribution is -2.39. The quantitative estimate of drug-likeness (QED) is 0.451. The standard InChI is InChI=1S/C24H22FN3O4S/c1-14-19-21(29)28(17-9-6-10-18(12-17)32-4)24(31)27(13-15-7-5-8-16(25)11-15)23(19)33-20(14)22(30)26(2)3/h5-12H,13H2,1-4H3. The zero-order chi connectivity index (χ0) is 23.9. The lowest BCUT2D eigenvalue weighted by Gasteiger charge is -2.13. The lowest BCUT2D eigenvalue weighted by molar-refractivity contribution is 0.0831. The molecule has 7 nitrogen and oxygen atoms in total. The number of amides is 1. The summed E-state index contributed by atoms with van der Waals surface area (Å²) in [5, 5.41) is 0.282. The van der Waals surface area contributed by atoms with Gasteiger partial charge in [0.05, 0.1) is 29.6 Å². The molecular formula is C24H22FN3O4S. The van der Waals surface area contributed by atoms with Crippen LogP contribution in [-0.4, -0.2) is 41.1 Å². The zero-order valence-electron chi connectivity index (χ0n) is 18.6. The highest BCUT2D eigenvalue weighted by Gasteiger charge is 2.24. The third-order valence-electron chi connectivity index (χ3n) is 5.35. The van der Waals surface area contributed by atoms with Crippen molar-refractivity contribution in [1.82, 2.24) is 14.0 Å². The molecule has 0 aliphatic carbocycles. The first kappa shape index (κ1) is 22.5. The van der Waals surface area contributed by atoms with Crippen LogP contribution in [-0.2, 0) is 6.54 Å². The van der Waals surface area contributed by atoms with Crippen LogP contribution >= 0.6 is 11.3 Å². The van der Waals surface area contributed by atoms with E-state index in [1.54, 1.807) is 57.4 Å². The highest BCUT2D eigenvalue weighted by atomic mass is 32.1. The van der Waals surface area contributed by atoms with Gasteiger partial charge in [0.25, 0.3) is 11.5 Å². The lowest BCUT2D eigenvalue weighted by atomic mass is 10.2. The normalized spacial score (nSPS) is 11.1. The van der Waals surface area contributed by atoms with Crippen molar-refractivity contribution in [2.45, 2.75) is 13.5 Å². The van der Waals surface area contributed by atoms with E-state index in [9.17, 15) is 18.8 Å². The van der Waals surface area contributed by atoms with Crippen LogP contribution in [0.3, 0.4) is 0 Å². The Balaban J connectivity index is 2.08. The van der Waals surface area contributed by atoms with E-state index >= 15 is 0 Å². The second-order valence-corrected chi connectivity index (χ2v) is 8.78. The SMILES string of the molecule is COc1cccc(-n2c(=O)c3c(C)c(C(=O)N(C)C)sc3n(Cc3cccc(F)c3)c2=O)c1. The molecule has 0 saturated carbocycles. The number of ether oxygens (including phenoxy) is 1. The Morgan fingerprint density at radius 3 is 2.52 bits per heavy atom. The summed E-state index contributed by atoms with van der Waals surface area (Å²) in [4.78, 5) is 42.1. The molecule has 9 heteroatoms. The van der Waals surface area contributed by atoms with Crippen LogP contribution in [0, 0.1) is 12.7 Å². The molecule has 0 saturated heterocycles. The molecule has 4 aromatic rings. The number of fused-ring (bicyclic) bond motifs is 1. The molecule has 0 atom stereocenters. The van der Waals surface area contributed by atoms with Gasteiger partial charge >= 0.3 is 5.69 Å². The Kier molecular flexibility index (Phi) is 5.90. The number of thiophene rings is 1. The predicted molar refractivity (Wildman–Crippen MR) is 126 cm³/mol. The predicted octanol–water partition coefficient (Wildman–Crippen LogP) is 3.42. The Bertz CT molecular complexity index is 1500. The second kappa shape index (κ2) is 8.67. The molecule has 2 aromatic carbocycles. The topological polar surface area (TPSA) is 73.5 Å². The first-order chi connectivity index (χ1) is 15.7. The van der Waals surface area contributed by atoms with Crippen LogP contribution in [0.15, 0.2) is 58.1 Å². The van der Waals surface area contributed by atoms with E-state index in [4.69, 9.17) is 4.74 Å². The Labute approximate surface area is 192 Å². The fourth-order valence-corrected chi connectivity index (χ4v) is 5.00. The Morgan fingerprint density at radius 2 is 1.85 bits per heavy atom. The summed E-state index contributed by atoms with van der Waals surface area (Å²) in [5.74, 6) is -0.198. The second-order valence-electron chi connectivity index (χ2n) is 7.78. The van der Waals surface area contributed by atoms with Crippen molar-refractivity contribution in [3.05, 3.63) is 91.2 Å². The first-order valence-electron chi connectivity index (χ1n) is 10.1. The van der Waals surface area contributed by atoms with Crippen LogP contribution in [0.1, 0.15) is 20.8 Å². The molecule has 0 spiro atoms. The average molecular weight is 468 g/mol. The smallest absolute Gasteiger partial charge is 0.337 e. The molecule has 2 aromatic heterocycles. The summed E-state index contributed by atoms with van der Waals surface area (Å²) in [6.07, 6.45) is 0. The number of hydrogen-bond acceptors (Lipinski definition) is 5. The molecule has 4 rings (SSSR count). The summed E-state index contributed by atoms with van der Waals surface area (Å²) in [6, 6.07) is 12.5. The van der Waals surface area contributed by atoms with Crippen LogP contribution in [0.4, 0.5) is 4.39 Å². The molecule has 0 unspecified atom stereocenters. The number of aryl methyl sites for hydroxylation is 1. The van der Waals surface area contributed by atoms with Gasteiger partial charge in [-0.15, -0.1) is 11.3 Å². The van der Waals surface area contributed by atoms with E-state index in [1.165, 1.54) is 28.7 Å². The molecule has 0 bridgehead atoms. The van der Waals surface area contributed by atoms with Gasteiger partial charge in [-0.05, 0) is 42.3 Å². The van der Waals surface area contributed by atoms with Crippen molar-refractivity contribution in [3.63, 3.8) is 0 Å². The largest absolute Gasteiger partial charge is 0.497 e. The van der Waals surface area contributed by atoms with E-state index in [0.29, 0.717) is 32.3 Å². The van der Waals surface area contributed by atoms with Gasteiger partial charge in [0.15, 0.2) is 0 Å². The van der Waals surface area contributed by atoms with Gasteiger partial charge in [-0.3, -0.25) is 14.2 Å². The van der Waals surface area contributed by atoms with E-state index in [0.717, 1.165) is 15.9 Å². The van der Waals surface area contributed by atoms with Crippen LogP contribution in [0.2, 0.25) is 0 Å². The van der Waals surface area contributed by atoms with Crippen molar-refractivity contribution in [3.8, 4) is 11.4 Å². The molecule has 1 amide bonds. The van der Waals surface area contributed by atoms with Crippen molar-refractivity contribution in [2.75, 3.05) is 21.2 Å². The monoisotopic (exact) mass is 467 g/mol. The fraction of sp³-hybridized carbons (Fsp3) is 0.208. The van der Waals surface area contributed by atoms with Crippen molar-refractivity contribution < 1.29 is 13.9 Å². The van der Waals surface area contributed by atoms with Gasteiger partial charge in [-0.2, -0.15) is 0 Å². The van der Waals surface area contributed by atoms with Crippen molar-refractivity contribution in [2.24, 2.45) is 0 Å². The van der Waals surface area contributed by atoms with E-state index in [1.807, 2.05) is 0 Å². The average Bonchev–Trinajstić information content (AvgIpc) is 3.13. The highest BCUT2D eigenvalue weighted by molar-refractivity contribution is 7.20.